The average Bonchev–Trinajstić information content (AvgIpc) is 2.35. The van der Waals surface area contributed by atoms with Crippen LogP contribution in [0.25, 0.3) is 0 Å². The third-order valence-corrected chi connectivity index (χ3v) is 3.79. The molecule has 1 fully saturated rings. The summed E-state index contributed by atoms with van der Waals surface area (Å²) in [6.45, 7) is 0.472. The van der Waals surface area contributed by atoms with Crippen LogP contribution in [0.1, 0.15) is 23.2 Å². The zero-order valence-electron chi connectivity index (χ0n) is 11.0. The standard InChI is InChI=1S/C13H15ClN2O4/c1-15(7-8-5-9(17)6-8)13(18)10-3-2-4-11(14)12(10)16(19)20/h2-4,8-9,17H,5-7H2,1H3. The van der Waals surface area contributed by atoms with Gasteiger partial charge in [0.1, 0.15) is 10.6 Å². The molecule has 0 radical (unpaired) electrons. The van der Waals surface area contributed by atoms with Gasteiger partial charge in [-0.1, -0.05) is 17.7 Å². The van der Waals surface area contributed by atoms with E-state index in [-0.39, 0.29) is 28.3 Å². The first-order chi connectivity index (χ1) is 9.40. The van der Waals surface area contributed by atoms with Crippen molar-refractivity contribution in [2.24, 2.45) is 5.92 Å². The summed E-state index contributed by atoms with van der Waals surface area (Å²) in [5.74, 6) is -0.183. The first-order valence-electron chi connectivity index (χ1n) is 6.26. The Labute approximate surface area is 121 Å². The van der Waals surface area contributed by atoms with Gasteiger partial charge in [-0.15, -0.1) is 0 Å². The van der Waals surface area contributed by atoms with Crippen molar-refractivity contribution in [3.05, 3.63) is 38.9 Å². The van der Waals surface area contributed by atoms with E-state index < -0.39 is 10.8 Å². The molecule has 1 aliphatic carbocycles. The number of aliphatic hydroxyl groups is 1. The van der Waals surface area contributed by atoms with Crippen LogP contribution in [0.5, 0.6) is 0 Å². The smallest absolute Gasteiger partial charge is 0.300 e. The summed E-state index contributed by atoms with van der Waals surface area (Å²) in [4.78, 5) is 24.1. The van der Waals surface area contributed by atoms with Gasteiger partial charge in [-0.25, -0.2) is 0 Å². The van der Waals surface area contributed by atoms with E-state index in [0.717, 1.165) is 0 Å². The molecule has 6 nitrogen and oxygen atoms in total. The van der Waals surface area contributed by atoms with Crippen molar-refractivity contribution in [2.75, 3.05) is 13.6 Å². The number of hydrogen-bond donors (Lipinski definition) is 1. The van der Waals surface area contributed by atoms with Crippen molar-refractivity contribution in [3.8, 4) is 0 Å². The summed E-state index contributed by atoms with van der Waals surface area (Å²) in [6.07, 6.45) is 1.04. The molecule has 1 aliphatic rings. The Hall–Kier alpha value is -1.66. The van der Waals surface area contributed by atoms with Gasteiger partial charge in [0.05, 0.1) is 11.0 Å². The van der Waals surface area contributed by atoms with Crippen molar-refractivity contribution in [2.45, 2.75) is 18.9 Å². The molecule has 1 saturated carbocycles. The number of nitro groups is 1. The molecular formula is C13H15ClN2O4. The Bertz CT molecular complexity index is 543. The average molecular weight is 299 g/mol. The molecule has 7 heteroatoms. The molecule has 2 rings (SSSR count). The maximum absolute atomic E-state index is 12.3. The minimum Gasteiger partial charge on any atom is -0.393 e. The molecule has 0 aliphatic heterocycles. The fourth-order valence-electron chi connectivity index (χ4n) is 2.40. The number of nitro benzene ring substituents is 1. The number of hydrogen-bond acceptors (Lipinski definition) is 4. The van der Waals surface area contributed by atoms with Gasteiger partial charge in [0.25, 0.3) is 5.91 Å². The lowest BCUT2D eigenvalue weighted by atomic mass is 9.82. The van der Waals surface area contributed by atoms with Gasteiger partial charge in [0.15, 0.2) is 0 Å². The highest BCUT2D eigenvalue weighted by molar-refractivity contribution is 6.33. The van der Waals surface area contributed by atoms with Crippen LogP contribution in [0.3, 0.4) is 0 Å². The number of rotatable bonds is 4. The van der Waals surface area contributed by atoms with Crippen LogP contribution in [0.2, 0.25) is 5.02 Å². The Balaban J connectivity index is 2.16. The predicted molar refractivity (Wildman–Crippen MR) is 73.8 cm³/mol. The Morgan fingerprint density at radius 2 is 2.20 bits per heavy atom. The van der Waals surface area contributed by atoms with Crippen LogP contribution < -0.4 is 0 Å². The lowest BCUT2D eigenvalue weighted by molar-refractivity contribution is -0.385. The van der Waals surface area contributed by atoms with Crippen molar-refractivity contribution in [3.63, 3.8) is 0 Å². The molecule has 0 atom stereocenters. The van der Waals surface area contributed by atoms with Gasteiger partial charge in [-0.3, -0.25) is 14.9 Å². The molecule has 20 heavy (non-hydrogen) atoms. The minimum atomic E-state index is -0.642. The number of nitrogens with zero attached hydrogens (tertiary/aromatic N) is 2. The largest absolute Gasteiger partial charge is 0.393 e. The summed E-state index contributed by atoms with van der Waals surface area (Å²) >= 11 is 5.79. The van der Waals surface area contributed by atoms with E-state index >= 15 is 0 Å². The summed E-state index contributed by atoms with van der Waals surface area (Å²) < 4.78 is 0. The highest BCUT2D eigenvalue weighted by Gasteiger charge is 2.31. The van der Waals surface area contributed by atoms with E-state index in [1.54, 1.807) is 7.05 Å². The number of carbonyl (C=O) groups is 1. The number of aliphatic hydroxyl groups excluding tert-OH is 1. The molecule has 0 heterocycles. The number of benzene rings is 1. The van der Waals surface area contributed by atoms with Crippen LogP contribution in [0.4, 0.5) is 5.69 Å². The second kappa shape index (κ2) is 5.76. The van der Waals surface area contributed by atoms with E-state index in [4.69, 9.17) is 11.6 Å². The fraction of sp³-hybridized carbons (Fsp3) is 0.462. The van der Waals surface area contributed by atoms with E-state index in [2.05, 4.69) is 0 Å². The fourth-order valence-corrected chi connectivity index (χ4v) is 2.64. The van der Waals surface area contributed by atoms with E-state index in [1.165, 1.54) is 23.1 Å². The SMILES string of the molecule is CN(CC1CC(O)C1)C(=O)c1cccc(Cl)c1[N+](=O)[O-]. The lowest BCUT2D eigenvalue weighted by Gasteiger charge is -2.34. The second-order valence-electron chi connectivity index (χ2n) is 5.07. The summed E-state index contributed by atoms with van der Waals surface area (Å²) in [7, 11) is 1.59. The van der Waals surface area contributed by atoms with Crippen molar-refractivity contribution < 1.29 is 14.8 Å². The third kappa shape index (κ3) is 2.91. The minimum absolute atomic E-state index is 0.00938. The second-order valence-corrected chi connectivity index (χ2v) is 5.48. The Morgan fingerprint density at radius 3 is 2.75 bits per heavy atom. The van der Waals surface area contributed by atoms with Crippen molar-refractivity contribution in [1.82, 2.24) is 4.90 Å². The van der Waals surface area contributed by atoms with Crippen LogP contribution >= 0.6 is 11.6 Å². The van der Waals surface area contributed by atoms with Gasteiger partial charge in [-0.05, 0) is 30.9 Å². The maximum Gasteiger partial charge on any atom is 0.300 e. The molecule has 0 aromatic heterocycles. The molecule has 0 bridgehead atoms. The van der Waals surface area contributed by atoms with Crippen molar-refractivity contribution >= 4 is 23.2 Å². The van der Waals surface area contributed by atoms with E-state index in [1.807, 2.05) is 0 Å². The Kier molecular flexibility index (Phi) is 4.25. The number of amides is 1. The number of para-hydroxylation sites is 1. The lowest BCUT2D eigenvalue weighted by Crippen LogP contribution is -2.39. The predicted octanol–water partition coefficient (Wildman–Crippen LogP) is 2.09. The quantitative estimate of drug-likeness (QED) is 0.681. The molecule has 1 amide bonds. The van der Waals surface area contributed by atoms with Gasteiger partial charge in [0, 0.05) is 13.6 Å². The number of halogens is 1. The topological polar surface area (TPSA) is 83.7 Å². The molecule has 1 aromatic carbocycles. The maximum atomic E-state index is 12.3. The first-order valence-corrected chi connectivity index (χ1v) is 6.64. The monoisotopic (exact) mass is 298 g/mol. The third-order valence-electron chi connectivity index (χ3n) is 3.49. The van der Waals surface area contributed by atoms with Crippen LogP contribution in [-0.4, -0.2) is 40.5 Å². The normalized spacial score (nSPS) is 21.1. The highest BCUT2D eigenvalue weighted by atomic mass is 35.5. The van der Waals surface area contributed by atoms with Gasteiger partial charge in [0.2, 0.25) is 0 Å². The summed E-state index contributed by atoms with van der Waals surface area (Å²) in [5, 5.41) is 20.2. The first kappa shape index (κ1) is 14.7. The molecule has 108 valence electrons. The van der Waals surface area contributed by atoms with Gasteiger partial charge < -0.3 is 10.0 Å². The van der Waals surface area contributed by atoms with E-state index in [9.17, 15) is 20.0 Å². The number of carbonyl (C=O) groups excluding carboxylic acids is 1. The highest BCUT2D eigenvalue weighted by Crippen LogP contribution is 2.31. The van der Waals surface area contributed by atoms with Gasteiger partial charge >= 0.3 is 5.69 Å². The molecule has 1 aromatic rings. The zero-order valence-corrected chi connectivity index (χ0v) is 11.7. The Morgan fingerprint density at radius 1 is 1.55 bits per heavy atom. The van der Waals surface area contributed by atoms with Crippen molar-refractivity contribution in [1.29, 1.82) is 0 Å². The van der Waals surface area contributed by atoms with Crippen LogP contribution in [0.15, 0.2) is 18.2 Å². The summed E-state index contributed by atoms with van der Waals surface area (Å²) in [6, 6.07) is 4.31. The molecule has 0 spiro atoms. The van der Waals surface area contributed by atoms with Crippen LogP contribution in [0, 0.1) is 16.0 Å². The zero-order chi connectivity index (χ0) is 14.9. The van der Waals surface area contributed by atoms with Crippen LogP contribution in [-0.2, 0) is 0 Å². The molecule has 0 saturated heterocycles. The van der Waals surface area contributed by atoms with Gasteiger partial charge in [-0.2, -0.15) is 0 Å². The molecule has 1 N–H and O–H groups in total. The molecular weight excluding hydrogens is 284 g/mol. The summed E-state index contributed by atoms with van der Waals surface area (Å²) in [5.41, 5.74) is -0.371. The molecule has 0 unspecified atom stereocenters. The van der Waals surface area contributed by atoms with E-state index in [0.29, 0.717) is 19.4 Å².